The Balaban J connectivity index is 0.997. The zero-order chi connectivity index (χ0) is 34.2. The monoisotopic (exact) mass is 670 g/mol. The summed E-state index contributed by atoms with van der Waals surface area (Å²) < 4.78 is 0. The quantitative estimate of drug-likeness (QED) is 0.181. The van der Waals surface area contributed by atoms with E-state index in [2.05, 4.69) is 162 Å². The van der Waals surface area contributed by atoms with Gasteiger partial charge >= 0.3 is 0 Å². The van der Waals surface area contributed by atoms with E-state index in [-0.39, 0.29) is 5.41 Å². The Hall–Kier alpha value is -5.47. The average molecular weight is 671 g/mol. The van der Waals surface area contributed by atoms with Gasteiger partial charge in [-0.05, 0) is 149 Å². The molecule has 1 heterocycles. The van der Waals surface area contributed by atoms with Crippen LogP contribution in [0.5, 0.6) is 0 Å². The molecule has 5 aromatic carbocycles. The molecule has 2 heteroatoms. The van der Waals surface area contributed by atoms with E-state index in [1.807, 2.05) is 6.20 Å². The molecule has 1 spiro atoms. The zero-order valence-corrected chi connectivity index (χ0v) is 29.5. The number of allylic oxidation sites excluding steroid dienone is 5. The molecule has 0 amide bonds. The van der Waals surface area contributed by atoms with Crippen LogP contribution in [0.4, 0.5) is 11.4 Å². The van der Waals surface area contributed by atoms with Crippen LogP contribution in [-0.4, -0.2) is 4.98 Å². The first-order valence-electron chi connectivity index (χ1n) is 19.3. The van der Waals surface area contributed by atoms with E-state index < -0.39 is 0 Å². The van der Waals surface area contributed by atoms with Gasteiger partial charge in [0.1, 0.15) is 0 Å². The highest BCUT2D eigenvalue weighted by molar-refractivity contribution is 5.94. The first kappa shape index (κ1) is 30.2. The molecular formula is C50H42N2. The molecule has 4 bridgehead atoms. The number of anilines is 2. The maximum Gasteiger partial charge on any atom is 0.0708 e. The van der Waals surface area contributed by atoms with E-state index >= 15 is 0 Å². The number of nitrogens with zero attached hydrogens (tertiary/aromatic N) is 2. The Morgan fingerprint density at radius 2 is 1.19 bits per heavy atom. The van der Waals surface area contributed by atoms with Gasteiger partial charge in [0, 0.05) is 34.6 Å². The maximum absolute atomic E-state index is 4.61. The molecule has 6 aromatic rings. The molecule has 12 rings (SSSR count). The molecule has 6 aliphatic rings. The molecule has 0 atom stereocenters. The number of fused-ring (bicyclic) bond motifs is 3. The lowest BCUT2D eigenvalue weighted by Crippen LogP contribution is -2.55. The highest BCUT2D eigenvalue weighted by Gasteiger charge is 2.62. The van der Waals surface area contributed by atoms with Gasteiger partial charge in [0.15, 0.2) is 0 Å². The number of para-hydroxylation sites is 1. The molecular weight excluding hydrogens is 629 g/mol. The molecule has 1 aromatic heterocycles. The summed E-state index contributed by atoms with van der Waals surface area (Å²) in [5, 5.41) is 1.18. The van der Waals surface area contributed by atoms with E-state index in [4.69, 9.17) is 0 Å². The van der Waals surface area contributed by atoms with E-state index in [1.54, 1.807) is 11.1 Å². The van der Waals surface area contributed by atoms with Gasteiger partial charge in [0.2, 0.25) is 0 Å². The normalized spacial score (nSPS) is 26.0. The fourth-order valence-corrected chi connectivity index (χ4v) is 11.5. The lowest BCUT2D eigenvalue weighted by Gasteiger charge is -2.62. The summed E-state index contributed by atoms with van der Waals surface area (Å²) in [7, 11) is 0. The SMILES string of the molecule is C1=C/C(=C/N(c2ccc(-c3ccccc3)cc2)c2ccc(-c3ccnc4ccccc34)cc2)CC2=C1c1ccccc1C21C2CC3CC(C2)CC1C3. The van der Waals surface area contributed by atoms with Crippen LogP contribution in [0, 0.1) is 23.7 Å². The van der Waals surface area contributed by atoms with Gasteiger partial charge in [-0.25, -0.2) is 0 Å². The van der Waals surface area contributed by atoms with Crippen molar-refractivity contribution in [2.24, 2.45) is 23.7 Å². The van der Waals surface area contributed by atoms with Crippen molar-refractivity contribution in [1.82, 2.24) is 4.98 Å². The number of hydrogen-bond acceptors (Lipinski definition) is 2. The Kier molecular flexibility index (Phi) is 6.84. The fourth-order valence-electron chi connectivity index (χ4n) is 11.5. The molecule has 0 unspecified atom stereocenters. The number of hydrogen-bond donors (Lipinski definition) is 0. The number of benzene rings is 5. The summed E-state index contributed by atoms with van der Waals surface area (Å²) in [5.74, 6) is 3.45. The Morgan fingerprint density at radius 1 is 0.558 bits per heavy atom. The van der Waals surface area contributed by atoms with E-state index in [9.17, 15) is 0 Å². The van der Waals surface area contributed by atoms with Gasteiger partial charge < -0.3 is 4.90 Å². The Labute approximate surface area is 306 Å². The second-order valence-electron chi connectivity index (χ2n) is 16.0. The molecule has 6 aliphatic carbocycles. The molecule has 252 valence electrons. The van der Waals surface area contributed by atoms with Crippen molar-refractivity contribution < 1.29 is 0 Å². The van der Waals surface area contributed by atoms with E-state index in [0.717, 1.165) is 41.3 Å². The van der Waals surface area contributed by atoms with Crippen LogP contribution < -0.4 is 4.90 Å². The predicted molar refractivity (Wildman–Crippen MR) is 215 cm³/mol. The van der Waals surface area contributed by atoms with Crippen LogP contribution in [0.2, 0.25) is 0 Å². The van der Waals surface area contributed by atoms with Crippen LogP contribution in [0.15, 0.2) is 169 Å². The molecule has 4 saturated carbocycles. The van der Waals surface area contributed by atoms with Gasteiger partial charge in [-0.15, -0.1) is 0 Å². The van der Waals surface area contributed by atoms with E-state index in [0.29, 0.717) is 0 Å². The van der Waals surface area contributed by atoms with Crippen molar-refractivity contribution in [2.45, 2.75) is 43.9 Å². The third-order valence-electron chi connectivity index (χ3n) is 13.4. The predicted octanol–water partition coefficient (Wildman–Crippen LogP) is 12.7. The van der Waals surface area contributed by atoms with Crippen molar-refractivity contribution in [3.8, 4) is 22.3 Å². The second kappa shape index (κ2) is 11.8. The summed E-state index contributed by atoms with van der Waals surface area (Å²) in [4.78, 5) is 7.03. The van der Waals surface area contributed by atoms with Gasteiger partial charge in [-0.2, -0.15) is 0 Å². The highest BCUT2D eigenvalue weighted by Crippen LogP contribution is 2.70. The zero-order valence-electron chi connectivity index (χ0n) is 29.5. The number of pyridine rings is 1. The summed E-state index contributed by atoms with van der Waals surface area (Å²) in [5.41, 5.74) is 16.2. The first-order chi connectivity index (χ1) is 25.7. The van der Waals surface area contributed by atoms with Crippen molar-refractivity contribution in [3.05, 3.63) is 180 Å². The summed E-state index contributed by atoms with van der Waals surface area (Å²) in [6, 6.07) is 49.0. The Morgan fingerprint density at radius 3 is 1.94 bits per heavy atom. The van der Waals surface area contributed by atoms with Gasteiger partial charge in [-0.3, -0.25) is 4.98 Å². The highest BCUT2D eigenvalue weighted by atomic mass is 15.1. The lowest BCUT2D eigenvalue weighted by molar-refractivity contribution is -0.0429. The van der Waals surface area contributed by atoms with Gasteiger partial charge in [-0.1, -0.05) is 109 Å². The summed E-state index contributed by atoms with van der Waals surface area (Å²) >= 11 is 0. The molecule has 0 aliphatic heterocycles. The van der Waals surface area contributed by atoms with Crippen LogP contribution >= 0.6 is 0 Å². The number of rotatable bonds is 5. The molecule has 2 nitrogen and oxygen atoms in total. The minimum absolute atomic E-state index is 0.209. The lowest BCUT2D eigenvalue weighted by atomic mass is 9.42. The maximum atomic E-state index is 4.61. The van der Waals surface area contributed by atoms with Crippen molar-refractivity contribution in [3.63, 3.8) is 0 Å². The fraction of sp³-hybridized carbons (Fsp3) is 0.220. The third-order valence-corrected chi connectivity index (χ3v) is 13.4. The smallest absolute Gasteiger partial charge is 0.0708 e. The summed E-state index contributed by atoms with van der Waals surface area (Å²) in [6.45, 7) is 0. The van der Waals surface area contributed by atoms with Crippen molar-refractivity contribution in [1.29, 1.82) is 0 Å². The number of aromatic nitrogens is 1. The van der Waals surface area contributed by atoms with Crippen LogP contribution in [0.3, 0.4) is 0 Å². The largest absolute Gasteiger partial charge is 0.317 e. The minimum atomic E-state index is 0.209. The second-order valence-corrected chi connectivity index (χ2v) is 16.0. The van der Waals surface area contributed by atoms with Crippen molar-refractivity contribution >= 4 is 27.9 Å². The first-order valence-corrected chi connectivity index (χ1v) is 19.3. The molecule has 52 heavy (non-hydrogen) atoms. The summed E-state index contributed by atoms with van der Waals surface area (Å²) in [6.07, 6.45) is 17.4. The van der Waals surface area contributed by atoms with Crippen LogP contribution in [0.25, 0.3) is 38.7 Å². The van der Waals surface area contributed by atoms with Crippen LogP contribution in [0.1, 0.15) is 49.7 Å². The van der Waals surface area contributed by atoms with Crippen LogP contribution in [-0.2, 0) is 5.41 Å². The van der Waals surface area contributed by atoms with Gasteiger partial charge in [0.25, 0.3) is 0 Å². The van der Waals surface area contributed by atoms with Crippen molar-refractivity contribution in [2.75, 3.05) is 4.90 Å². The average Bonchev–Trinajstić information content (AvgIpc) is 3.49. The third kappa shape index (κ3) is 4.59. The minimum Gasteiger partial charge on any atom is -0.317 e. The van der Waals surface area contributed by atoms with Gasteiger partial charge in [0.05, 0.1) is 5.52 Å². The van der Waals surface area contributed by atoms with E-state index in [1.165, 1.54) is 82.1 Å². The molecule has 0 N–H and O–H groups in total. The molecule has 0 radical (unpaired) electrons. The topological polar surface area (TPSA) is 16.1 Å². The Bertz CT molecular complexity index is 2400. The molecule has 4 fully saturated rings. The standard InChI is InChI=1S/C50H42N2/c1-2-8-36(9-3-1)37-15-19-41(20-16-37)52(42-21-17-38(18-22-42)43-24-25-51-49-13-7-5-11-46(43)49)32-33-14-23-45-44-10-4-6-12-47(44)50(48(45)31-33)39-27-34-26-35(29-39)30-40(50)28-34/h1-25,32,34-35,39-40H,26-31H2/b33-32-. The molecule has 0 saturated heterocycles.